The summed E-state index contributed by atoms with van der Waals surface area (Å²) in [6.45, 7) is 3.43. The molecule has 0 saturated carbocycles. The maximum atomic E-state index is 5.78. The average Bonchev–Trinajstić information content (AvgIpc) is 3.18. The van der Waals surface area contributed by atoms with Crippen LogP contribution in [0, 0.1) is 5.92 Å². The molecule has 3 rings (SSSR count). The summed E-state index contributed by atoms with van der Waals surface area (Å²) >= 11 is 0. The molecule has 1 atom stereocenters. The van der Waals surface area contributed by atoms with Crippen LogP contribution in [0.15, 0.2) is 47.6 Å². The topological polar surface area (TPSA) is 68.2 Å². The second kappa shape index (κ2) is 9.94. The number of likely N-dealkylation sites (tertiary alicyclic amines) is 1. The highest BCUT2D eigenvalue weighted by Crippen LogP contribution is 2.23. The molecule has 1 aliphatic rings. The van der Waals surface area contributed by atoms with Gasteiger partial charge in [0.05, 0.1) is 13.7 Å². The molecule has 1 aromatic heterocycles. The number of ether oxygens (including phenoxy) is 3. The quantitative estimate of drug-likeness (QED) is 0.585. The van der Waals surface area contributed by atoms with Gasteiger partial charge in [-0.25, -0.2) is 4.98 Å². The minimum atomic E-state index is 0.545. The Morgan fingerprint density at radius 1 is 1.25 bits per heavy atom. The number of aliphatic imine (C=N–C) groups is 1. The van der Waals surface area contributed by atoms with E-state index in [1.54, 1.807) is 14.2 Å². The van der Waals surface area contributed by atoms with E-state index in [2.05, 4.69) is 20.2 Å². The molecule has 1 unspecified atom stereocenters. The van der Waals surface area contributed by atoms with Crippen molar-refractivity contribution in [3.05, 3.63) is 48.2 Å². The number of hydrogen-bond acceptors (Lipinski definition) is 5. The molecule has 7 heteroatoms. The van der Waals surface area contributed by atoms with Gasteiger partial charge in [-0.2, -0.15) is 0 Å². The number of hydrogen-bond donors (Lipinski definition) is 1. The van der Waals surface area contributed by atoms with Gasteiger partial charge in [0.2, 0.25) is 5.88 Å². The van der Waals surface area contributed by atoms with Gasteiger partial charge in [-0.05, 0) is 24.1 Å². The molecule has 1 N–H and O–H groups in total. The molecular weight excluding hydrogens is 356 g/mol. The van der Waals surface area contributed by atoms with E-state index < -0.39 is 0 Å². The van der Waals surface area contributed by atoms with Gasteiger partial charge in [-0.1, -0.05) is 12.1 Å². The van der Waals surface area contributed by atoms with E-state index in [9.17, 15) is 0 Å². The van der Waals surface area contributed by atoms with Crippen molar-refractivity contribution in [3.8, 4) is 17.4 Å². The number of guanidine groups is 1. The number of rotatable bonds is 7. The van der Waals surface area contributed by atoms with E-state index in [1.165, 1.54) is 0 Å². The molecule has 150 valence electrons. The SMILES string of the molecule is CN=C(NCc1ccc(Oc2cccc(OC)c2)nc1)N1CCC(COC)C1. The van der Waals surface area contributed by atoms with Gasteiger partial charge < -0.3 is 24.4 Å². The van der Waals surface area contributed by atoms with E-state index in [0.717, 1.165) is 43.4 Å². The first kappa shape index (κ1) is 19.9. The highest BCUT2D eigenvalue weighted by molar-refractivity contribution is 5.80. The summed E-state index contributed by atoms with van der Waals surface area (Å²) in [5.74, 6) is 3.47. The maximum absolute atomic E-state index is 5.78. The minimum absolute atomic E-state index is 0.545. The third kappa shape index (κ3) is 5.36. The fourth-order valence-electron chi connectivity index (χ4n) is 3.27. The summed E-state index contributed by atoms with van der Waals surface area (Å²) in [6.07, 6.45) is 2.94. The second-order valence-corrected chi connectivity index (χ2v) is 6.74. The van der Waals surface area contributed by atoms with Crippen LogP contribution in [-0.4, -0.2) is 56.8 Å². The standard InChI is InChI=1S/C21H28N4O3/c1-22-21(25-10-9-17(14-25)15-26-2)24-13-16-7-8-20(23-12-16)28-19-6-4-5-18(11-19)27-3/h4-8,11-12,17H,9-10,13-15H2,1-3H3,(H,22,24). The van der Waals surface area contributed by atoms with Crippen LogP contribution in [0.3, 0.4) is 0 Å². The summed E-state index contributed by atoms with van der Waals surface area (Å²) in [7, 11) is 5.20. The van der Waals surface area contributed by atoms with Gasteiger partial charge in [0, 0.05) is 58.0 Å². The molecule has 1 aliphatic heterocycles. The van der Waals surface area contributed by atoms with Crippen LogP contribution in [0.4, 0.5) is 0 Å². The number of pyridine rings is 1. The predicted molar refractivity (Wildman–Crippen MR) is 109 cm³/mol. The zero-order chi connectivity index (χ0) is 19.8. The summed E-state index contributed by atoms with van der Waals surface area (Å²) in [4.78, 5) is 11.1. The lowest BCUT2D eigenvalue weighted by Crippen LogP contribution is -2.39. The Kier molecular flexibility index (Phi) is 7.08. The predicted octanol–water partition coefficient (Wildman–Crippen LogP) is 2.93. The summed E-state index contributed by atoms with van der Waals surface area (Å²) < 4.78 is 16.3. The van der Waals surface area contributed by atoms with Crippen molar-refractivity contribution in [2.75, 3.05) is 41.0 Å². The first-order chi connectivity index (χ1) is 13.7. The van der Waals surface area contributed by atoms with Crippen molar-refractivity contribution in [2.45, 2.75) is 13.0 Å². The van der Waals surface area contributed by atoms with Crippen LogP contribution in [0.1, 0.15) is 12.0 Å². The van der Waals surface area contributed by atoms with Crippen LogP contribution in [0.2, 0.25) is 0 Å². The first-order valence-electron chi connectivity index (χ1n) is 9.43. The molecule has 0 radical (unpaired) electrons. The molecule has 0 aliphatic carbocycles. The highest BCUT2D eigenvalue weighted by atomic mass is 16.5. The van der Waals surface area contributed by atoms with Crippen LogP contribution in [0.5, 0.6) is 17.4 Å². The Balaban J connectivity index is 1.52. The lowest BCUT2D eigenvalue weighted by Gasteiger charge is -2.21. The second-order valence-electron chi connectivity index (χ2n) is 6.74. The minimum Gasteiger partial charge on any atom is -0.497 e. The Labute approximate surface area is 166 Å². The molecule has 7 nitrogen and oxygen atoms in total. The number of nitrogens with one attached hydrogen (secondary N) is 1. The molecule has 2 heterocycles. The normalized spacial score (nSPS) is 16.9. The van der Waals surface area contributed by atoms with Crippen LogP contribution in [0.25, 0.3) is 0 Å². The zero-order valence-corrected chi connectivity index (χ0v) is 16.7. The van der Waals surface area contributed by atoms with Crippen LogP contribution >= 0.6 is 0 Å². The van der Waals surface area contributed by atoms with Crippen LogP contribution in [-0.2, 0) is 11.3 Å². The van der Waals surface area contributed by atoms with Crippen molar-refractivity contribution in [1.82, 2.24) is 15.2 Å². The number of methoxy groups -OCH3 is 2. The molecular formula is C21H28N4O3. The number of benzene rings is 1. The van der Waals surface area contributed by atoms with E-state index in [4.69, 9.17) is 14.2 Å². The van der Waals surface area contributed by atoms with E-state index >= 15 is 0 Å². The van der Waals surface area contributed by atoms with Gasteiger partial charge in [0.1, 0.15) is 11.5 Å². The maximum Gasteiger partial charge on any atom is 0.219 e. The molecule has 2 aromatic rings. The smallest absolute Gasteiger partial charge is 0.219 e. The lowest BCUT2D eigenvalue weighted by molar-refractivity contribution is 0.157. The van der Waals surface area contributed by atoms with Crippen molar-refractivity contribution in [3.63, 3.8) is 0 Å². The molecule has 0 spiro atoms. The van der Waals surface area contributed by atoms with E-state index in [0.29, 0.717) is 24.1 Å². The largest absolute Gasteiger partial charge is 0.497 e. The summed E-state index contributed by atoms with van der Waals surface area (Å²) in [5, 5.41) is 3.41. The fraction of sp³-hybridized carbons (Fsp3) is 0.429. The fourth-order valence-corrected chi connectivity index (χ4v) is 3.27. The molecule has 1 fully saturated rings. The summed E-state index contributed by atoms with van der Waals surface area (Å²) in [5.41, 5.74) is 1.06. The Morgan fingerprint density at radius 2 is 2.11 bits per heavy atom. The summed E-state index contributed by atoms with van der Waals surface area (Å²) in [6, 6.07) is 11.3. The molecule has 1 saturated heterocycles. The number of aromatic nitrogens is 1. The van der Waals surface area contributed by atoms with Crippen molar-refractivity contribution >= 4 is 5.96 Å². The van der Waals surface area contributed by atoms with Gasteiger partial charge >= 0.3 is 0 Å². The van der Waals surface area contributed by atoms with E-state index in [1.807, 2.05) is 49.6 Å². The van der Waals surface area contributed by atoms with Gasteiger partial charge in [0.25, 0.3) is 0 Å². The first-order valence-corrected chi connectivity index (χ1v) is 9.43. The monoisotopic (exact) mass is 384 g/mol. The van der Waals surface area contributed by atoms with Gasteiger partial charge in [0.15, 0.2) is 5.96 Å². The average molecular weight is 384 g/mol. The number of nitrogens with zero attached hydrogens (tertiary/aromatic N) is 3. The molecule has 28 heavy (non-hydrogen) atoms. The van der Waals surface area contributed by atoms with Crippen molar-refractivity contribution < 1.29 is 14.2 Å². The Morgan fingerprint density at radius 3 is 2.82 bits per heavy atom. The molecule has 0 bridgehead atoms. The van der Waals surface area contributed by atoms with Gasteiger partial charge in [-0.15, -0.1) is 0 Å². The highest BCUT2D eigenvalue weighted by Gasteiger charge is 2.24. The third-order valence-electron chi connectivity index (χ3n) is 4.71. The van der Waals surface area contributed by atoms with Gasteiger partial charge in [-0.3, -0.25) is 4.99 Å². The Hall–Kier alpha value is -2.80. The molecule has 0 amide bonds. The van der Waals surface area contributed by atoms with Crippen molar-refractivity contribution in [1.29, 1.82) is 0 Å². The molecule has 1 aromatic carbocycles. The Bertz CT molecular complexity index is 779. The van der Waals surface area contributed by atoms with Crippen LogP contribution < -0.4 is 14.8 Å². The van der Waals surface area contributed by atoms with Crippen molar-refractivity contribution in [2.24, 2.45) is 10.9 Å². The lowest BCUT2D eigenvalue weighted by atomic mass is 10.1. The van der Waals surface area contributed by atoms with E-state index in [-0.39, 0.29) is 0 Å². The zero-order valence-electron chi connectivity index (χ0n) is 16.7. The third-order valence-corrected chi connectivity index (χ3v) is 4.71.